The Morgan fingerprint density at radius 3 is 1.78 bits per heavy atom. The fourth-order valence-corrected chi connectivity index (χ4v) is 5.55. The summed E-state index contributed by atoms with van der Waals surface area (Å²) in [5.74, 6) is 0.454. The molecule has 0 spiro atoms. The Kier molecular flexibility index (Phi) is 3.17. The van der Waals surface area contributed by atoms with Crippen LogP contribution in [0, 0.1) is 36.4 Å². The molecule has 2 heteroatoms. The van der Waals surface area contributed by atoms with Crippen LogP contribution < -0.4 is 0 Å². The van der Waals surface area contributed by atoms with Gasteiger partial charge in [-0.2, -0.15) is 0 Å². The molecule has 0 bridgehead atoms. The van der Waals surface area contributed by atoms with Crippen molar-refractivity contribution in [2.45, 2.75) is 46.4 Å². The predicted molar refractivity (Wildman–Crippen MR) is 78.6 cm³/mol. The van der Waals surface area contributed by atoms with Gasteiger partial charge in [0.25, 0.3) is 0 Å². The third kappa shape index (κ3) is 1.84. The highest BCUT2D eigenvalue weighted by molar-refractivity contribution is 9.09. The van der Waals surface area contributed by atoms with Gasteiger partial charge in [0, 0.05) is 4.83 Å². The molecule has 1 saturated carbocycles. The second-order valence-electron chi connectivity index (χ2n) is 6.78. The molecule has 100 valence electrons. The van der Waals surface area contributed by atoms with E-state index < -0.39 is 0 Å². The largest absolute Gasteiger partial charge is 0.207 e. The second-order valence-corrected chi connectivity index (χ2v) is 7.76. The van der Waals surface area contributed by atoms with Crippen molar-refractivity contribution in [1.82, 2.24) is 0 Å². The van der Waals surface area contributed by atoms with Crippen molar-refractivity contribution in [3.05, 3.63) is 34.6 Å². The van der Waals surface area contributed by atoms with Crippen molar-refractivity contribution < 1.29 is 4.39 Å². The monoisotopic (exact) mass is 312 g/mol. The van der Waals surface area contributed by atoms with Gasteiger partial charge in [-0.25, -0.2) is 4.39 Å². The maximum Gasteiger partial charge on any atom is 0.123 e. The summed E-state index contributed by atoms with van der Waals surface area (Å²) in [7, 11) is 0. The summed E-state index contributed by atoms with van der Waals surface area (Å²) in [4.78, 5) is 0.308. The minimum absolute atomic E-state index is 0.136. The molecule has 0 aromatic heterocycles. The van der Waals surface area contributed by atoms with Crippen LogP contribution in [0.3, 0.4) is 0 Å². The van der Waals surface area contributed by atoms with Crippen LogP contribution in [0.2, 0.25) is 0 Å². The number of hydrogen-bond acceptors (Lipinski definition) is 0. The quantitative estimate of drug-likeness (QED) is 0.627. The van der Waals surface area contributed by atoms with Crippen molar-refractivity contribution in [2.24, 2.45) is 16.7 Å². The van der Waals surface area contributed by atoms with Gasteiger partial charge in [0.2, 0.25) is 0 Å². The topological polar surface area (TPSA) is 0 Å². The Bertz CT molecular complexity index is 451. The van der Waals surface area contributed by atoms with E-state index in [1.54, 1.807) is 12.1 Å². The van der Waals surface area contributed by atoms with E-state index in [1.807, 2.05) is 13.8 Å². The molecule has 18 heavy (non-hydrogen) atoms. The lowest BCUT2D eigenvalue weighted by molar-refractivity contribution is 0.457. The Hall–Kier alpha value is -0.370. The molecular weight excluding hydrogens is 291 g/mol. The number of alkyl halides is 1. The van der Waals surface area contributed by atoms with Gasteiger partial charge in [-0.3, -0.25) is 0 Å². The van der Waals surface area contributed by atoms with Gasteiger partial charge >= 0.3 is 0 Å². The zero-order valence-corrected chi connectivity index (χ0v) is 13.7. The normalized spacial score (nSPS) is 22.9. The molecule has 1 unspecified atom stereocenters. The van der Waals surface area contributed by atoms with E-state index in [1.165, 1.54) is 5.56 Å². The van der Waals surface area contributed by atoms with Crippen LogP contribution in [0.5, 0.6) is 0 Å². The highest BCUT2D eigenvalue weighted by Gasteiger charge is 2.67. The first-order valence-corrected chi connectivity index (χ1v) is 7.43. The number of hydrogen-bond donors (Lipinski definition) is 0. The van der Waals surface area contributed by atoms with Gasteiger partial charge in [0.05, 0.1) is 0 Å². The maximum absolute atomic E-state index is 13.4. The highest BCUT2D eigenvalue weighted by Crippen LogP contribution is 2.74. The molecule has 0 N–H and O–H groups in total. The van der Waals surface area contributed by atoms with E-state index in [-0.39, 0.29) is 5.82 Å². The Morgan fingerprint density at radius 2 is 1.44 bits per heavy atom. The van der Waals surface area contributed by atoms with Gasteiger partial charge in [0.1, 0.15) is 5.82 Å². The van der Waals surface area contributed by atoms with Gasteiger partial charge in [-0.1, -0.05) is 43.6 Å². The number of aryl methyl sites for hydroxylation is 2. The third-order valence-electron chi connectivity index (χ3n) is 5.26. The lowest BCUT2D eigenvalue weighted by Crippen LogP contribution is -2.04. The molecule has 1 aliphatic rings. The van der Waals surface area contributed by atoms with E-state index in [4.69, 9.17) is 0 Å². The lowest BCUT2D eigenvalue weighted by atomic mass is 9.94. The zero-order valence-electron chi connectivity index (χ0n) is 12.1. The van der Waals surface area contributed by atoms with Crippen LogP contribution in [0.1, 0.15) is 49.2 Å². The first-order valence-electron chi connectivity index (χ1n) is 6.51. The van der Waals surface area contributed by atoms with Crippen LogP contribution in [0.4, 0.5) is 4.39 Å². The molecule has 1 aromatic rings. The van der Waals surface area contributed by atoms with Crippen molar-refractivity contribution in [1.29, 1.82) is 0 Å². The number of rotatable bonds is 2. The summed E-state index contributed by atoms with van der Waals surface area (Å²) in [6.45, 7) is 13.3. The van der Waals surface area contributed by atoms with Crippen molar-refractivity contribution in [3.8, 4) is 0 Å². The van der Waals surface area contributed by atoms with Crippen LogP contribution in [-0.4, -0.2) is 0 Å². The molecule has 2 rings (SSSR count). The minimum atomic E-state index is -0.136. The third-order valence-corrected chi connectivity index (χ3v) is 6.25. The number of benzene rings is 1. The van der Waals surface area contributed by atoms with Gasteiger partial charge in [-0.05, 0) is 59.4 Å². The first-order chi connectivity index (χ1) is 8.10. The molecule has 1 atom stereocenters. The number of halogens is 2. The summed E-state index contributed by atoms with van der Waals surface area (Å²) in [5, 5.41) is 0. The van der Waals surface area contributed by atoms with Gasteiger partial charge < -0.3 is 0 Å². The van der Waals surface area contributed by atoms with Crippen LogP contribution in [0.15, 0.2) is 12.1 Å². The second kappa shape index (κ2) is 4.06. The average Bonchev–Trinajstić information content (AvgIpc) is 2.54. The van der Waals surface area contributed by atoms with Crippen LogP contribution >= 0.6 is 15.9 Å². The highest BCUT2D eigenvalue weighted by atomic mass is 79.9. The fourth-order valence-electron chi connectivity index (χ4n) is 3.50. The molecule has 0 saturated heterocycles. The summed E-state index contributed by atoms with van der Waals surface area (Å²) in [5.41, 5.74) is 4.02. The zero-order chi connectivity index (χ0) is 13.9. The van der Waals surface area contributed by atoms with E-state index >= 15 is 0 Å². The van der Waals surface area contributed by atoms with E-state index in [0.29, 0.717) is 21.6 Å². The molecule has 0 aliphatic heterocycles. The summed E-state index contributed by atoms with van der Waals surface area (Å²) in [6, 6.07) is 3.28. The Labute approximate surface area is 118 Å². The fraction of sp³-hybridized carbons (Fsp3) is 0.625. The van der Waals surface area contributed by atoms with Gasteiger partial charge in [0.15, 0.2) is 0 Å². The summed E-state index contributed by atoms with van der Waals surface area (Å²) < 4.78 is 13.4. The van der Waals surface area contributed by atoms with E-state index in [0.717, 1.165) is 11.1 Å². The molecule has 0 heterocycles. The molecule has 0 nitrogen and oxygen atoms in total. The van der Waals surface area contributed by atoms with Crippen molar-refractivity contribution >= 4 is 15.9 Å². The van der Waals surface area contributed by atoms with Crippen LogP contribution in [0.25, 0.3) is 0 Å². The van der Waals surface area contributed by atoms with E-state index in [9.17, 15) is 4.39 Å². The molecule has 0 amide bonds. The first kappa shape index (κ1) is 14.0. The van der Waals surface area contributed by atoms with Crippen LogP contribution in [-0.2, 0) is 0 Å². The molecule has 1 aromatic carbocycles. The SMILES string of the molecule is Cc1cc(F)cc(C)c1C(Br)C1C(C)(C)C1(C)C. The molecular formula is C16H22BrF. The Balaban J connectivity index is 2.40. The summed E-state index contributed by atoms with van der Waals surface area (Å²) in [6.07, 6.45) is 0. The molecule has 0 radical (unpaired) electrons. The smallest absolute Gasteiger partial charge is 0.123 e. The average molecular weight is 313 g/mol. The molecule has 1 aliphatic carbocycles. The van der Waals surface area contributed by atoms with Crippen molar-refractivity contribution in [3.63, 3.8) is 0 Å². The summed E-state index contributed by atoms with van der Waals surface area (Å²) >= 11 is 3.87. The standard InChI is InChI=1S/C16H22BrF/c1-9-7-11(18)8-10(2)12(9)13(17)14-15(3,4)16(14,5)6/h7-8,13-14H,1-6H3. The van der Waals surface area contributed by atoms with E-state index in [2.05, 4.69) is 43.6 Å². The maximum atomic E-state index is 13.4. The minimum Gasteiger partial charge on any atom is -0.207 e. The predicted octanol–water partition coefficient (Wildman–Crippen LogP) is 5.56. The lowest BCUT2D eigenvalue weighted by Gasteiger charge is -2.18. The van der Waals surface area contributed by atoms with Crippen molar-refractivity contribution in [2.75, 3.05) is 0 Å². The Morgan fingerprint density at radius 1 is 1.06 bits per heavy atom. The molecule has 1 fully saturated rings. The van der Waals surface area contributed by atoms with Gasteiger partial charge in [-0.15, -0.1) is 0 Å².